The van der Waals surface area contributed by atoms with Crippen molar-refractivity contribution in [1.29, 1.82) is 0 Å². The molecule has 0 spiro atoms. The number of carbonyl (C=O) groups is 1. The standard InChI is InChI=1S/C16H24N2O/c1-12(2)11-18-16(19)9-10-17-15-8-7-13-5-3-4-6-14(13)15/h3-6,12,15,17H,7-11H2,1-2H3,(H,18,19). The fourth-order valence-electron chi connectivity index (χ4n) is 2.54. The van der Waals surface area contributed by atoms with Crippen LogP contribution in [0.15, 0.2) is 24.3 Å². The molecule has 104 valence electrons. The third kappa shape index (κ3) is 4.06. The molecule has 0 bridgehead atoms. The molecule has 19 heavy (non-hydrogen) atoms. The van der Waals surface area contributed by atoms with Gasteiger partial charge in [0.2, 0.25) is 5.91 Å². The van der Waals surface area contributed by atoms with Crippen molar-refractivity contribution >= 4 is 5.91 Å². The zero-order valence-electron chi connectivity index (χ0n) is 11.9. The molecule has 1 amide bonds. The molecular weight excluding hydrogens is 236 g/mol. The van der Waals surface area contributed by atoms with Crippen molar-refractivity contribution in [2.75, 3.05) is 13.1 Å². The number of benzene rings is 1. The molecule has 1 unspecified atom stereocenters. The first-order valence-electron chi connectivity index (χ1n) is 7.24. The topological polar surface area (TPSA) is 41.1 Å². The monoisotopic (exact) mass is 260 g/mol. The molecule has 2 rings (SSSR count). The van der Waals surface area contributed by atoms with Gasteiger partial charge in [-0.25, -0.2) is 0 Å². The van der Waals surface area contributed by atoms with Crippen molar-refractivity contribution in [1.82, 2.24) is 10.6 Å². The highest BCUT2D eigenvalue weighted by atomic mass is 16.1. The number of hydrogen-bond acceptors (Lipinski definition) is 2. The molecular formula is C16H24N2O. The first-order chi connectivity index (χ1) is 9.16. The van der Waals surface area contributed by atoms with Gasteiger partial charge in [0.05, 0.1) is 0 Å². The van der Waals surface area contributed by atoms with Crippen molar-refractivity contribution in [2.45, 2.75) is 39.2 Å². The largest absolute Gasteiger partial charge is 0.356 e. The molecule has 1 atom stereocenters. The molecule has 3 heteroatoms. The summed E-state index contributed by atoms with van der Waals surface area (Å²) in [5.74, 6) is 0.658. The number of carbonyl (C=O) groups excluding carboxylic acids is 1. The lowest BCUT2D eigenvalue weighted by Gasteiger charge is -2.14. The fraction of sp³-hybridized carbons (Fsp3) is 0.562. The molecule has 1 aromatic carbocycles. The maximum absolute atomic E-state index is 11.6. The van der Waals surface area contributed by atoms with Crippen LogP contribution in [0.25, 0.3) is 0 Å². The van der Waals surface area contributed by atoms with Crippen LogP contribution in [0, 0.1) is 5.92 Å². The second-order valence-electron chi connectivity index (χ2n) is 5.69. The Morgan fingerprint density at radius 1 is 1.37 bits per heavy atom. The fourth-order valence-corrected chi connectivity index (χ4v) is 2.54. The van der Waals surface area contributed by atoms with Crippen LogP contribution in [0.1, 0.15) is 43.9 Å². The Hall–Kier alpha value is -1.35. The van der Waals surface area contributed by atoms with Crippen molar-refractivity contribution in [3.8, 4) is 0 Å². The van der Waals surface area contributed by atoms with Gasteiger partial charge in [-0.05, 0) is 29.9 Å². The number of hydrogen-bond donors (Lipinski definition) is 2. The van der Waals surface area contributed by atoms with Crippen LogP contribution >= 0.6 is 0 Å². The van der Waals surface area contributed by atoms with E-state index in [4.69, 9.17) is 0 Å². The van der Waals surface area contributed by atoms with E-state index in [0.717, 1.165) is 25.9 Å². The summed E-state index contributed by atoms with van der Waals surface area (Å²) in [4.78, 5) is 11.6. The van der Waals surface area contributed by atoms with E-state index in [1.54, 1.807) is 0 Å². The van der Waals surface area contributed by atoms with E-state index in [2.05, 4.69) is 48.7 Å². The van der Waals surface area contributed by atoms with Crippen LogP contribution in [0.4, 0.5) is 0 Å². The smallest absolute Gasteiger partial charge is 0.221 e. The van der Waals surface area contributed by atoms with E-state index in [1.807, 2.05) is 0 Å². The summed E-state index contributed by atoms with van der Waals surface area (Å²) in [6.45, 7) is 5.73. The van der Waals surface area contributed by atoms with Crippen LogP contribution < -0.4 is 10.6 Å². The average Bonchev–Trinajstić information content (AvgIpc) is 2.80. The summed E-state index contributed by atoms with van der Waals surface area (Å²) < 4.78 is 0. The average molecular weight is 260 g/mol. The zero-order chi connectivity index (χ0) is 13.7. The Balaban J connectivity index is 1.71. The molecule has 1 aromatic rings. The van der Waals surface area contributed by atoms with E-state index in [0.29, 0.717) is 18.4 Å². The summed E-state index contributed by atoms with van der Waals surface area (Å²) >= 11 is 0. The Kier molecular flexibility index (Phi) is 4.97. The van der Waals surface area contributed by atoms with Gasteiger partial charge in [0, 0.05) is 25.6 Å². The lowest BCUT2D eigenvalue weighted by Crippen LogP contribution is -2.31. The van der Waals surface area contributed by atoms with Crippen molar-refractivity contribution in [3.63, 3.8) is 0 Å². The predicted molar refractivity (Wildman–Crippen MR) is 78.0 cm³/mol. The van der Waals surface area contributed by atoms with Gasteiger partial charge in [0.1, 0.15) is 0 Å². The van der Waals surface area contributed by atoms with Crippen LogP contribution in [-0.4, -0.2) is 19.0 Å². The normalized spacial score (nSPS) is 17.5. The molecule has 0 aromatic heterocycles. The lowest BCUT2D eigenvalue weighted by atomic mass is 10.1. The molecule has 1 aliphatic carbocycles. The van der Waals surface area contributed by atoms with Gasteiger partial charge in [0.25, 0.3) is 0 Å². The van der Waals surface area contributed by atoms with Gasteiger partial charge >= 0.3 is 0 Å². The molecule has 0 saturated heterocycles. The molecule has 0 aliphatic heterocycles. The summed E-state index contributed by atoms with van der Waals surface area (Å²) in [5, 5.41) is 6.44. The number of rotatable bonds is 6. The lowest BCUT2D eigenvalue weighted by molar-refractivity contribution is -0.121. The van der Waals surface area contributed by atoms with Crippen LogP contribution in [0.3, 0.4) is 0 Å². The molecule has 2 N–H and O–H groups in total. The molecule has 0 fully saturated rings. The quantitative estimate of drug-likeness (QED) is 0.825. The minimum absolute atomic E-state index is 0.146. The second kappa shape index (κ2) is 6.71. The first-order valence-corrected chi connectivity index (χ1v) is 7.24. The van der Waals surface area contributed by atoms with Gasteiger partial charge < -0.3 is 10.6 Å². The van der Waals surface area contributed by atoms with Gasteiger partial charge in [0.15, 0.2) is 0 Å². The minimum Gasteiger partial charge on any atom is -0.356 e. The van der Waals surface area contributed by atoms with Crippen LogP contribution in [-0.2, 0) is 11.2 Å². The summed E-state index contributed by atoms with van der Waals surface area (Å²) in [5.41, 5.74) is 2.86. The van der Waals surface area contributed by atoms with Gasteiger partial charge in [-0.2, -0.15) is 0 Å². The van der Waals surface area contributed by atoms with Crippen LogP contribution in [0.5, 0.6) is 0 Å². The van der Waals surface area contributed by atoms with E-state index < -0.39 is 0 Å². The van der Waals surface area contributed by atoms with Crippen LogP contribution in [0.2, 0.25) is 0 Å². The Bertz CT molecular complexity index is 429. The summed E-state index contributed by atoms with van der Waals surface area (Å²) in [6, 6.07) is 9.01. The number of fused-ring (bicyclic) bond motifs is 1. The first kappa shape index (κ1) is 14.1. The van der Waals surface area contributed by atoms with Crippen molar-refractivity contribution in [2.24, 2.45) is 5.92 Å². The molecule has 0 radical (unpaired) electrons. The molecule has 1 aliphatic rings. The number of amides is 1. The van der Waals surface area contributed by atoms with E-state index in [9.17, 15) is 4.79 Å². The SMILES string of the molecule is CC(C)CNC(=O)CCNC1CCc2ccccc21. The van der Waals surface area contributed by atoms with Gasteiger partial charge in [-0.3, -0.25) is 4.79 Å². The van der Waals surface area contributed by atoms with Gasteiger partial charge in [-0.1, -0.05) is 38.1 Å². The highest BCUT2D eigenvalue weighted by Crippen LogP contribution is 2.30. The third-order valence-corrected chi connectivity index (χ3v) is 3.58. The highest BCUT2D eigenvalue weighted by Gasteiger charge is 2.20. The van der Waals surface area contributed by atoms with Crippen molar-refractivity contribution in [3.05, 3.63) is 35.4 Å². The molecule has 3 nitrogen and oxygen atoms in total. The van der Waals surface area contributed by atoms with E-state index in [1.165, 1.54) is 11.1 Å². The molecule has 0 saturated carbocycles. The van der Waals surface area contributed by atoms with E-state index in [-0.39, 0.29) is 5.91 Å². The Morgan fingerprint density at radius 3 is 2.95 bits per heavy atom. The molecule has 0 heterocycles. The summed E-state index contributed by atoms with van der Waals surface area (Å²) in [7, 11) is 0. The number of aryl methyl sites for hydroxylation is 1. The third-order valence-electron chi connectivity index (χ3n) is 3.58. The van der Waals surface area contributed by atoms with Crippen molar-refractivity contribution < 1.29 is 4.79 Å². The maximum atomic E-state index is 11.6. The minimum atomic E-state index is 0.146. The van der Waals surface area contributed by atoms with Gasteiger partial charge in [-0.15, -0.1) is 0 Å². The highest BCUT2D eigenvalue weighted by molar-refractivity contribution is 5.76. The Labute approximate surface area is 115 Å². The number of nitrogens with one attached hydrogen (secondary N) is 2. The summed E-state index contributed by atoms with van der Waals surface area (Å²) in [6.07, 6.45) is 2.85. The zero-order valence-corrected chi connectivity index (χ0v) is 11.9. The predicted octanol–water partition coefficient (Wildman–Crippen LogP) is 2.43. The second-order valence-corrected chi connectivity index (χ2v) is 5.69. The Morgan fingerprint density at radius 2 is 2.16 bits per heavy atom. The maximum Gasteiger partial charge on any atom is 0.221 e. The van der Waals surface area contributed by atoms with E-state index >= 15 is 0 Å².